The number of hydrogen-bond acceptors (Lipinski definition) is 5. The Bertz CT molecular complexity index is 588. The van der Waals surface area contributed by atoms with Crippen molar-refractivity contribution in [3.63, 3.8) is 0 Å². The van der Waals surface area contributed by atoms with Crippen LogP contribution in [0.1, 0.15) is 37.3 Å². The molecule has 126 valence electrons. The summed E-state index contributed by atoms with van der Waals surface area (Å²) in [7, 11) is -3.22. The minimum absolute atomic E-state index is 0.0898. The standard InChI is InChI=1S/C14H25N3O4S/c1-10(2)17(22(5,19)20)8-6-7-15-14(18)9-13-11(3)16-21-12(13)4/h10H,6-9H2,1-5H3,(H,15,18). The van der Waals surface area contributed by atoms with Gasteiger partial charge in [0.25, 0.3) is 0 Å². The van der Waals surface area contributed by atoms with Crippen molar-refractivity contribution in [1.82, 2.24) is 14.8 Å². The van der Waals surface area contributed by atoms with Gasteiger partial charge in [0.2, 0.25) is 15.9 Å². The Balaban J connectivity index is 2.40. The molecule has 0 saturated carbocycles. The highest BCUT2D eigenvalue weighted by Crippen LogP contribution is 2.12. The first kappa shape index (κ1) is 18.6. The number of nitrogens with zero attached hydrogens (tertiary/aromatic N) is 2. The molecule has 0 saturated heterocycles. The fourth-order valence-electron chi connectivity index (χ4n) is 2.25. The second kappa shape index (κ2) is 7.73. The molecule has 0 radical (unpaired) electrons. The molecule has 1 heterocycles. The van der Waals surface area contributed by atoms with Crippen molar-refractivity contribution in [1.29, 1.82) is 0 Å². The molecule has 1 N–H and O–H groups in total. The molecule has 0 aromatic carbocycles. The Hall–Kier alpha value is -1.41. The molecule has 0 unspecified atom stereocenters. The molecule has 0 fully saturated rings. The van der Waals surface area contributed by atoms with E-state index in [4.69, 9.17) is 4.52 Å². The van der Waals surface area contributed by atoms with Crippen molar-refractivity contribution in [2.75, 3.05) is 19.3 Å². The van der Waals surface area contributed by atoms with Crippen LogP contribution >= 0.6 is 0 Å². The quantitative estimate of drug-likeness (QED) is 0.718. The van der Waals surface area contributed by atoms with E-state index in [9.17, 15) is 13.2 Å². The van der Waals surface area contributed by atoms with Crippen LogP contribution in [0, 0.1) is 13.8 Å². The van der Waals surface area contributed by atoms with E-state index in [2.05, 4.69) is 10.5 Å². The van der Waals surface area contributed by atoms with Crippen LogP contribution in [0.4, 0.5) is 0 Å². The maximum absolute atomic E-state index is 11.9. The second-order valence-electron chi connectivity index (χ2n) is 5.65. The van der Waals surface area contributed by atoms with Crippen molar-refractivity contribution in [3.05, 3.63) is 17.0 Å². The number of carbonyl (C=O) groups is 1. The summed E-state index contributed by atoms with van der Waals surface area (Å²) < 4.78 is 29.7. The lowest BCUT2D eigenvalue weighted by Crippen LogP contribution is -2.38. The highest BCUT2D eigenvalue weighted by Gasteiger charge is 2.19. The molecular formula is C14H25N3O4S. The van der Waals surface area contributed by atoms with Gasteiger partial charge < -0.3 is 9.84 Å². The summed E-state index contributed by atoms with van der Waals surface area (Å²) in [5, 5.41) is 6.60. The lowest BCUT2D eigenvalue weighted by molar-refractivity contribution is -0.120. The SMILES string of the molecule is Cc1noc(C)c1CC(=O)NCCCN(C(C)C)S(C)(=O)=O. The van der Waals surface area contributed by atoms with Crippen LogP contribution in [0.25, 0.3) is 0 Å². The molecule has 0 aliphatic carbocycles. The zero-order chi connectivity index (χ0) is 16.9. The van der Waals surface area contributed by atoms with E-state index in [1.807, 2.05) is 13.8 Å². The van der Waals surface area contributed by atoms with Crippen LogP contribution in [-0.4, -0.2) is 49.2 Å². The normalized spacial score (nSPS) is 12.1. The van der Waals surface area contributed by atoms with Crippen LogP contribution in [0.2, 0.25) is 0 Å². The van der Waals surface area contributed by atoms with Crippen molar-refractivity contribution in [3.8, 4) is 0 Å². The lowest BCUT2D eigenvalue weighted by atomic mass is 10.1. The second-order valence-corrected chi connectivity index (χ2v) is 7.59. The summed E-state index contributed by atoms with van der Waals surface area (Å²) in [5.41, 5.74) is 1.52. The van der Waals surface area contributed by atoms with Gasteiger partial charge in [0, 0.05) is 24.7 Å². The third-order valence-corrected chi connectivity index (χ3v) is 4.85. The topological polar surface area (TPSA) is 92.5 Å². The molecule has 0 atom stereocenters. The molecular weight excluding hydrogens is 306 g/mol. The predicted molar refractivity (Wildman–Crippen MR) is 84.0 cm³/mol. The van der Waals surface area contributed by atoms with Gasteiger partial charge in [-0.2, -0.15) is 4.31 Å². The molecule has 0 aliphatic rings. The van der Waals surface area contributed by atoms with Crippen molar-refractivity contribution in [2.45, 2.75) is 46.6 Å². The van der Waals surface area contributed by atoms with Crippen LogP contribution in [0.5, 0.6) is 0 Å². The van der Waals surface area contributed by atoms with E-state index in [1.54, 1.807) is 13.8 Å². The summed E-state index contributed by atoms with van der Waals surface area (Å²) in [6.45, 7) is 8.05. The molecule has 7 nitrogen and oxygen atoms in total. The fourth-order valence-corrected chi connectivity index (χ4v) is 3.47. The van der Waals surface area contributed by atoms with Gasteiger partial charge in [-0.1, -0.05) is 5.16 Å². The van der Waals surface area contributed by atoms with Gasteiger partial charge in [-0.05, 0) is 34.1 Å². The predicted octanol–water partition coefficient (Wildman–Crippen LogP) is 1.01. The van der Waals surface area contributed by atoms with E-state index in [-0.39, 0.29) is 18.4 Å². The number of nitrogens with one attached hydrogen (secondary N) is 1. The summed E-state index contributed by atoms with van der Waals surface area (Å²) in [6, 6.07) is -0.0898. The minimum atomic E-state index is -3.22. The van der Waals surface area contributed by atoms with Gasteiger partial charge in [0.1, 0.15) is 5.76 Å². The molecule has 1 amide bonds. The first-order chi connectivity index (χ1) is 10.1. The Morgan fingerprint density at radius 3 is 2.45 bits per heavy atom. The summed E-state index contributed by atoms with van der Waals surface area (Å²) >= 11 is 0. The number of hydrogen-bond donors (Lipinski definition) is 1. The van der Waals surface area contributed by atoms with E-state index >= 15 is 0 Å². The third-order valence-electron chi connectivity index (χ3n) is 3.40. The molecule has 22 heavy (non-hydrogen) atoms. The molecule has 0 aliphatic heterocycles. The lowest BCUT2D eigenvalue weighted by Gasteiger charge is -2.23. The third kappa shape index (κ3) is 5.42. The monoisotopic (exact) mass is 331 g/mol. The average molecular weight is 331 g/mol. The first-order valence-corrected chi connectivity index (χ1v) is 9.13. The number of aryl methyl sites for hydroxylation is 2. The van der Waals surface area contributed by atoms with E-state index < -0.39 is 10.0 Å². The zero-order valence-corrected chi connectivity index (χ0v) is 14.7. The maximum Gasteiger partial charge on any atom is 0.224 e. The van der Waals surface area contributed by atoms with Gasteiger partial charge in [0.15, 0.2) is 0 Å². The van der Waals surface area contributed by atoms with Crippen LogP contribution in [-0.2, 0) is 21.2 Å². The number of sulfonamides is 1. The minimum Gasteiger partial charge on any atom is -0.361 e. The zero-order valence-electron chi connectivity index (χ0n) is 13.8. The molecule has 1 aromatic rings. The Morgan fingerprint density at radius 1 is 1.36 bits per heavy atom. The number of rotatable bonds is 8. The number of aromatic nitrogens is 1. The van der Waals surface area contributed by atoms with Crippen molar-refractivity contribution in [2.24, 2.45) is 0 Å². The Kier molecular flexibility index (Phi) is 6.55. The van der Waals surface area contributed by atoms with Gasteiger partial charge in [-0.25, -0.2) is 8.42 Å². The number of amides is 1. The smallest absolute Gasteiger partial charge is 0.224 e. The fraction of sp³-hybridized carbons (Fsp3) is 0.714. The van der Waals surface area contributed by atoms with Gasteiger partial charge >= 0.3 is 0 Å². The Labute approximate surface area is 132 Å². The van der Waals surface area contributed by atoms with Gasteiger partial charge in [0.05, 0.1) is 18.4 Å². The summed E-state index contributed by atoms with van der Waals surface area (Å²) in [5.74, 6) is 0.528. The highest BCUT2D eigenvalue weighted by molar-refractivity contribution is 7.88. The van der Waals surface area contributed by atoms with E-state index in [0.717, 1.165) is 11.3 Å². The molecule has 0 spiro atoms. The van der Waals surface area contributed by atoms with Crippen molar-refractivity contribution < 1.29 is 17.7 Å². The molecule has 1 aromatic heterocycles. The largest absolute Gasteiger partial charge is 0.361 e. The summed E-state index contributed by atoms with van der Waals surface area (Å²) in [4.78, 5) is 11.9. The molecule has 1 rings (SSSR count). The van der Waals surface area contributed by atoms with Gasteiger partial charge in [-0.3, -0.25) is 4.79 Å². The van der Waals surface area contributed by atoms with Crippen LogP contribution < -0.4 is 5.32 Å². The summed E-state index contributed by atoms with van der Waals surface area (Å²) in [6.07, 6.45) is 1.99. The van der Waals surface area contributed by atoms with E-state index in [0.29, 0.717) is 25.3 Å². The first-order valence-electron chi connectivity index (χ1n) is 7.28. The highest BCUT2D eigenvalue weighted by atomic mass is 32.2. The Morgan fingerprint density at radius 2 is 2.00 bits per heavy atom. The molecule has 8 heteroatoms. The number of carbonyl (C=O) groups excluding carboxylic acids is 1. The maximum atomic E-state index is 11.9. The van der Waals surface area contributed by atoms with Crippen LogP contribution in [0.15, 0.2) is 4.52 Å². The van der Waals surface area contributed by atoms with E-state index in [1.165, 1.54) is 10.6 Å². The van der Waals surface area contributed by atoms with Crippen molar-refractivity contribution >= 4 is 15.9 Å². The van der Waals surface area contributed by atoms with Gasteiger partial charge in [-0.15, -0.1) is 0 Å². The molecule has 0 bridgehead atoms. The average Bonchev–Trinajstić information content (AvgIpc) is 2.68. The van der Waals surface area contributed by atoms with Crippen LogP contribution in [0.3, 0.4) is 0 Å².